The highest BCUT2D eigenvalue weighted by molar-refractivity contribution is 9.10. The predicted octanol–water partition coefficient (Wildman–Crippen LogP) is 3.20. The van der Waals surface area contributed by atoms with Gasteiger partial charge in [0.1, 0.15) is 6.10 Å². The Labute approximate surface area is 112 Å². The van der Waals surface area contributed by atoms with Crippen LogP contribution in [-0.4, -0.2) is 22.9 Å². The fourth-order valence-corrected chi connectivity index (χ4v) is 1.75. The minimum Gasteiger partial charge on any atom is -0.390 e. The Bertz CT molecular complexity index is 438. The summed E-state index contributed by atoms with van der Waals surface area (Å²) in [4.78, 5) is 2.57. The molecule has 0 amide bonds. The highest BCUT2D eigenvalue weighted by atomic mass is 79.9. The Kier molecular flexibility index (Phi) is 5.74. The van der Waals surface area contributed by atoms with Crippen molar-refractivity contribution in [2.24, 2.45) is 5.11 Å². The van der Waals surface area contributed by atoms with Crippen LogP contribution < -0.4 is 0 Å². The molecule has 7 heteroatoms. The first kappa shape index (κ1) is 14.3. The number of aliphatic hydroxyl groups is 2. The lowest BCUT2D eigenvalue weighted by molar-refractivity contribution is 0.0150. The highest BCUT2D eigenvalue weighted by Gasteiger charge is 2.18. The van der Waals surface area contributed by atoms with Crippen molar-refractivity contribution < 1.29 is 10.2 Å². The standard InChI is InChI=1S/C10H11BrClN3O2/c11-7-2-1-6(5-8(7)12)10(17)9(16)3-4-14-15-13/h1-2,5,9-10,16-17H,3-4H2. The molecule has 0 heterocycles. The topological polar surface area (TPSA) is 89.2 Å². The molecule has 1 aromatic carbocycles. The maximum Gasteiger partial charge on any atom is 0.105 e. The van der Waals surface area contributed by atoms with E-state index in [1.807, 2.05) is 0 Å². The van der Waals surface area contributed by atoms with Gasteiger partial charge in [-0.3, -0.25) is 0 Å². The average Bonchev–Trinajstić information content (AvgIpc) is 2.32. The minimum absolute atomic E-state index is 0.138. The molecular formula is C10H11BrClN3O2. The largest absolute Gasteiger partial charge is 0.390 e. The zero-order chi connectivity index (χ0) is 12.8. The van der Waals surface area contributed by atoms with Crippen LogP contribution in [-0.2, 0) is 0 Å². The van der Waals surface area contributed by atoms with Crippen molar-refractivity contribution in [1.82, 2.24) is 0 Å². The van der Waals surface area contributed by atoms with E-state index in [2.05, 4.69) is 26.0 Å². The third-order valence-corrected chi connectivity index (χ3v) is 3.47. The van der Waals surface area contributed by atoms with Crippen LogP contribution in [0.1, 0.15) is 18.1 Å². The summed E-state index contributed by atoms with van der Waals surface area (Å²) in [5.41, 5.74) is 8.61. The van der Waals surface area contributed by atoms with Crippen LogP contribution in [0.4, 0.5) is 0 Å². The van der Waals surface area contributed by atoms with Crippen LogP contribution in [0, 0.1) is 0 Å². The van der Waals surface area contributed by atoms with Gasteiger partial charge in [0.2, 0.25) is 0 Å². The Hall–Kier alpha value is -0.780. The summed E-state index contributed by atoms with van der Waals surface area (Å²) in [6.07, 6.45) is -1.84. The third-order valence-electron chi connectivity index (χ3n) is 2.24. The Morgan fingerprint density at radius 3 is 2.76 bits per heavy atom. The summed E-state index contributed by atoms with van der Waals surface area (Å²) >= 11 is 9.12. The van der Waals surface area contributed by atoms with Crippen LogP contribution >= 0.6 is 27.5 Å². The van der Waals surface area contributed by atoms with Crippen LogP contribution in [0.5, 0.6) is 0 Å². The number of rotatable bonds is 5. The molecule has 92 valence electrons. The van der Waals surface area contributed by atoms with E-state index in [9.17, 15) is 10.2 Å². The summed E-state index contributed by atoms with van der Waals surface area (Å²) in [5.74, 6) is 0. The van der Waals surface area contributed by atoms with Gasteiger partial charge in [-0.1, -0.05) is 22.8 Å². The monoisotopic (exact) mass is 319 g/mol. The van der Waals surface area contributed by atoms with E-state index in [0.29, 0.717) is 10.6 Å². The first-order chi connectivity index (χ1) is 8.06. The fourth-order valence-electron chi connectivity index (χ4n) is 1.31. The lowest BCUT2D eigenvalue weighted by Crippen LogP contribution is -2.19. The number of hydrogen-bond acceptors (Lipinski definition) is 3. The molecule has 2 atom stereocenters. The van der Waals surface area contributed by atoms with E-state index in [1.54, 1.807) is 18.2 Å². The molecule has 0 aliphatic carbocycles. The van der Waals surface area contributed by atoms with Gasteiger partial charge >= 0.3 is 0 Å². The maximum atomic E-state index is 9.84. The molecular weight excluding hydrogens is 309 g/mol. The Morgan fingerprint density at radius 2 is 2.18 bits per heavy atom. The molecule has 0 spiro atoms. The highest BCUT2D eigenvalue weighted by Crippen LogP contribution is 2.27. The Morgan fingerprint density at radius 1 is 1.47 bits per heavy atom. The van der Waals surface area contributed by atoms with Crippen molar-refractivity contribution in [3.63, 3.8) is 0 Å². The molecule has 0 fully saturated rings. The van der Waals surface area contributed by atoms with Crippen LogP contribution in [0.15, 0.2) is 27.8 Å². The molecule has 2 N–H and O–H groups in total. The first-order valence-electron chi connectivity index (χ1n) is 4.88. The number of hydrogen-bond donors (Lipinski definition) is 2. The zero-order valence-electron chi connectivity index (χ0n) is 8.79. The van der Waals surface area contributed by atoms with Gasteiger partial charge in [0.15, 0.2) is 0 Å². The molecule has 0 aliphatic rings. The fraction of sp³-hybridized carbons (Fsp3) is 0.400. The minimum atomic E-state index is -1.05. The van der Waals surface area contributed by atoms with E-state index in [0.717, 1.165) is 4.47 Å². The first-order valence-corrected chi connectivity index (χ1v) is 6.05. The van der Waals surface area contributed by atoms with Crippen molar-refractivity contribution >= 4 is 27.5 Å². The second-order valence-electron chi connectivity index (χ2n) is 3.43. The van der Waals surface area contributed by atoms with Gasteiger partial charge in [-0.15, -0.1) is 0 Å². The third kappa shape index (κ3) is 4.18. The summed E-state index contributed by atoms with van der Waals surface area (Å²) < 4.78 is 0.721. The van der Waals surface area contributed by atoms with Crippen molar-refractivity contribution in [2.45, 2.75) is 18.6 Å². The molecule has 0 saturated carbocycles. The second kappa shape index (κ2) is 6.83. The molecule has 1 aromatic rings. The van der Waals surface area contributed by atoms with Crippen LogP contribution in [0.2, 0.25) is 5.02 Å². The van der Waals surface area contributed by atoms with Gasteiger partial charge in [-0.05, 0) is 45.6 Å². The van der Waals surface area contributed by atoms with Crippen LogP contribution in [0.3, 0.4) is 0 Å². The normalized spacial score (nSPS) is 13.9. The lowest BCUT2D eigenvalue weighted by atomic mass is 10.0. The summed E-state index contributed by atoms with van der Waals surface area (Å²) in [6.45, 7) is 0.138. The maximum absolute atomic E-state index is 9.84. The average molecular weight is 321 g/mol. The molecule has 17 heavy (non-hydrogen) atoms. The lowest BCUT2D eigenvalue weighted by Gasteiger charge is -2.17. The van der Waals surface area contributed by atoms with Gasteiger partial charge in [0.05, 0.1) is 11.1 Å². The van der Waals surface area contributed by atoms with E-state index in [-0.39, 0.29) is 13.0 Å². The van der Waals surface area contributed by atoms with Crippen molar-refractivity contribution in [1.29, 1.82) is 0 Å². The molecule has 0 saturated heterocycles. The summed E-state index contributed by atoms with van der Waals surface area (Å²) in [5, 5.41) is 23.3. The van der Waals surface area contributed by atoms with Gasteiger partial charge in [-0.2, -0.15) is 0 Å². The van der Waals surface area contributed by atoms with E-state index in [1.165, 1.54) is 0 Å². The summed E-state index contributed by atoms with van der Waals surface area (Å²) in [7, 11) is 0. The molecule has 2 unspecified atom stereocenters. The number of azide groups is 1. The van der Waals surface area contributed by atoms with Gasteiger partial charge in [-0.25, -0.2) is 0 Å². The van der Waals surface area contributed by atoms with E-state index < -0.39 is 12.2 Å². The van der Waals surface area contributed by atoms with E-state index >= 15 is 0 Å². The van der Waals surface area contributed by atoms with E-state index in [4.69, 9.17) is 17.1 Å². The summed E-state index contributed by atoms with van der Waals surface area (Å²) in [6, 6.07) is 4.94. The predicted molar refractivity (Wildman–Crippen MR) is 68.7 cm³/mol. The molecule has 5 nitrogen and oxygen atoms in total. The SMILES string of the molecule is [N-]=[N+]=NCCC(O)C(O)c1ccc(Br)c(Cl)c1. The van der Waals surface area contributed by atoms with Gasteiger partial charge < -0.3 is 10.2 Å². The van der Waals surface area contributed by atoms with Crippen LogP contribution in [0.25, 0.3) is 10.4 Å². The van der Waals surface area contributed by atoms with Crippen molar-refractivity contribution in [3.8, 4) is 0 Å². The number of nitrogens with zero attached hydrogens (tertiary/aromatic N) is 3. The molecule has 1 rings (SSSR count). The molecule has 0 radical (unpaired) electrons. The van der Waals surface area contributed by atoms with Crippen molar-refractivity contribution in [2.75, 3.05) is 6.54 Å². The second-order valence-corrected chi connectivity index (χ2v) is 4.69. The molecule has 0 aromatic heterocycles. The van der Waals surface area contributed by atoms with Crippen molar-refractivity contribution in [3.05, 3.63) is 43.7 Å². The number of halogens is 2. The van der Waals surface area contributed by atoms with Gasteiger partial charge in [0, 0.05) is 15.9 Å². The Balaban J connectivity index is 2.70. The number of aliphatic hydroxyl groups excluding tert-OH is 2. The molecule has 0 aliphatic heterocycles. The number of benzene rings is 1. The smallest absolute Gasteiger partial charge is 0.105 e. The van der Waals surface area contributed by atoms with Gasteiger partial charge in [0.25, 0.3) is 0 Å². The quantitative estimate of drug-likeness (QED) is 0.495. The molecule has 0 bridgehead atoms. The zero-order valence-corrected chi connectivity index (χ0v) is 11.1.